The molecule has 0 atom stereocenters. The number of amides is 1. The highest BCUT2D eigenvalue weighted by molar-refractivity contribution is 5.85. The summed E-state index contributed by atoms with van der Waals surface area (Å²) in [6, 6.07) is 2.90. The highest BCUT2D eigenvalue weighted by Gasteiger charge is 2.24. The highest BCUT2D eigenvalue weighted by atomic mass is 35.5. The molecule has 2 aliphatic rings. The van der Waals surface area contributed by atoms with Crippen LogP contribution in [-0.2, 0) is 24.4 Å². The van der Waals surface area contributed by atoms with Crippen LogP contribution >= 0.6 is 24.8 Å². The molecule has 1 aromatic heterocycles. The predicted octanol–water partition coefficient (Wildman–Crippen LogP) is 2.23. The first-order valence-corrected chi connectivity index (χ1v) is 9.02. The van der Waals surface area contributed by atoms with Crippen molar-refractivity contribution in [3.05, 3.63) is 17.5 Å². The van der Waals surface area contributed by atoms with E-state index < -0.39 is 0 Å². The fraction of sp³-hybridized carbons (Fsp3) is 0.765. The summed E-state index contributed by atoms with van der Waals surface area (Å²) in [6.07, 6.45) is 8.37. The van der Waals surface area contributed by atoms with Gasteiger partial charge in [0, 0.05) is 38.6 Å². The second kappa shape index (κ2) is 11.0. The van der Waals surface area contributed by atoms with Gasteiger partial charge in [-0.15, -0.1) is 24.8 Å². The summed E-state index contributed by atoms with van der Waals surface area (Å²) in [5.41, 5.74) is 7.64. The Bertz CT molecular complexity index is 531. The van der Waals surface area contributed by atoms with Crippen LogP contribution in [0.4, 0.5) is 0 Å². The molecule has 8 heteroatoms. The number of carbonyl (C=O) groups excluding carboxylic acids is 1. The lowest BCUT2D eigenvalue weighted by Crippen LogP contribution is -2.36. The summed E-state index contributed by atoms with van der Waals surface area (Å²) < 4.78 is 2.13. The minimum absolute atomic E-state index is 0. The molecule has 0 bridgehead atoms. The standard InChI is InChI=1S/C17H29N5O.2ClH/c18-8-7-17(23)19-12-14-11-16-13-21(9-4-10-22(16)20-14)15-5-2-1-3-6-15;;/h11,15H,1-10,12-13,18H2,(H,19,23);2*1H. The third-order valence-corrected chi connectivity index (χ3v) is 5.02. The van der Waals surface area contributed by atoms with Crippen molar-refractivity contribution in [1.82, 2.24) is 20.0 Å². The Hall–Kier alpha value is -0.820. The van der Waals surface area contributed by atoms with Crippen molar-refractivity contribution >= 4 is 30.7 Å². The molecule has 144 valence electrons. The summed E-state index contributed by atoms with van der Waals surface area (Å²) in [5.74, 6) is -0.000439. The van der Waals surface area contributed by atoms with Crippen molar-refractivity contribution in [2.45, 2.75) is 70.6 Å². The largest absolute Gasteiger partial charge is 0.350 e. The maximum absolute atomic E-state index is 11.5. The zero-order chi connectivity index (χ0) is 16.1. The van der Waals surface area contributed by atoms with Crippen LogP contribution < -0.4 is 11.1 Å². The van der Waals surface area contributed by atoms with Gasteiger partial charge in [-0.05, 0) is 25.3 Å². The van der Waals surface area contributed by atoms with E-state index in [1.807, 2.05) is 0 Å². The fourth-order valence-corrected chi connectivity index (χ4v) is 3.80. The average Bonchev–Trinajstić information content (AvgIpc) is 2.84. The van der Waals surface area contributed by atoms with E-state index in [0.717, 1.165) is 31.2 Å². The Morgan fingerprint density at radius 1 is 1.20 bits per heavy atom. The normalized spacial score (nSPS) is 18.4. The number of nitrogens with one attached hydrogen (secondary N) is 1. The van der Waals surface area contributed by atoms with Gasteiger partial charge in [-0.3, -0.25) is 14.4 Å². The first kappa shape index (κ1) is 22.2. The molecule has 0 radical (unpaired) electrons. The molecule has 0 aromatic carbocycles. The van der Waals surface area contributed by atoms with Gasteiger partial charge in [0.2, 0.25) is 5.91 Å². The van der Waals surface area contributed by atoms with E-state index in [4.69, 9.17) is 5.73 Å². The molecule has 1 aromatic rings. The zero-order valence-electron chi connectivity index (χ0n) is 14.8. The van der Waals surface area contributed by atoms with Gasteiger partial charge in [0.05, 0.1) is 17.9 Å². The summed E-state index contributed by atoms with van der Waals surface area (Å²) in [6.45, 7) is 4.05. The Morgan fingerprint density at radius 3 is 2.68 bits per heavy atom. The quantitative estimate of drug-likeness (QED) is 0.806. The van der Waals surface area contributed by atoms with Crippen molar-refractivity contribution in [3.8, 4) is 0 Å². The number of aryl methyl sites for hydroxylation is 1. The number of nitrogens with zero attached hydrogens (tertiary/aromatic N) is 3. The molecule has 1 aliphatic heterocycles. The fourth-order valence-electron chi connectivity index (χ4n) is 3.80. The van der Waals surface area contributed by atoms with Crippen molar-refractivity contribution in [1.29, 1.82) is 0 Å². The first-order chi connectivity index (χ1) is 11.3. The molecule has 1 aliphatic carbocycles. The van der Waals surface area contributed by atoms with Crippen LogP contribution in [0.15, 0.2) is 6.07 Å². The van der Waals surface area contributed by atoms with E-state index in [1.54, 1.807) is 0 Å². The molecular formula is C17H31Cl2N5O. The minimum Gasteiger partial charge on any atom is -0.350 e. The van der Waals surface area contributed by atoms with Gasteiger partial charge >= 0.3 is 0 Å². The summed E-state index contributed by atoms with van der Waals surface area (Å²) in [4.78, 5) is 14.2. The highest BCUT2D eigenvalue weighted by Crippen LogP contribution is 2.25. The number of hydrogen-bond acceptors (Lipinski definition) is 4. The van der Waals surface area contributed by atoms with Crippen LogP contribution in [-0.4, -0.2) is 39.7 Å². The lowest BCUT2D eigenvalue weighted by Gasteiger charge is -2.33. The summed E-state index contributed by atoms with van der Waals surface area (Å²) in [7, 11) is 0. The average molecular weight is 392 g/mol. The Kier molecular flexibility index (Phi) is 9.79. The molecule has 3 N–H and O–H groups in total. The number of carbonyl (C=O) groups is 1. The number of halogens is 2. The lowest BCUT2D eigenvalue weighted by atomic mass is 9.94. The Balaban J connectivity index is 0.00000156. The zero-order valence-corrected chi connectivity index (χ0v) is 16.4. The van der Waals surface area contributed by atoms with Gasteiger partial charge in [-0.25, -0.2) is 0 Å². The molecule has 0 unspecified atom stereocenters. The second-order valence-corrected chi connectivity index (χ2v) is 6.78. The maximum atomic E-state index is 11.5. The molecular weight excluding hydrogens is 361 g/mol. The van der Waals surface area contributed by atoms with Gasteiger partial charge in [0.1, 0.15) is 0 Å². The minimum atomic E-state index is -0.000439. The molecule has 1 saturated carbocycles. The third-order valence-electron chi connectivity index (χ3n) is 5.02. The summed E-state index contributed by atoms with van der Waals surface area (Å²) >= 11 is 0. The van der Waals surface area contributed by atoms with E-state index in [1.165, 1.54) is 44.3 Å². The van der Waals surface area contributed by atoms with E-state index in [0.29, 0.717) is 19.5 Å². The van der Waals surface area contributed by atoms with E-state index in [9.17, 15) is 4.79 Å². The topological polar surface area (TPSA) is 76.2 Å². The van der Waals surface area contributed by atoms with Crippen molar-refractivity contribution in [3.63, 3.8) is 0 Å². The number of aromatic nitrogens is 2. The molecule has 0 saturated heterocycles. The van der Waals surface area contributed by atoms with Gasteiger partial charge in [-0.2, -0.15) is 5.10 Å². The second-order valence-electron chi connectivity index (χ2n) is 6.78. The maximum Gasteiger partial charge on any atom is 0.221 e. The smallest absolute Gasteiger partial charge is 0.221 e. The van der Waals surface area contributed by atoms with Crippen LogP contribution in [0, 0.1) is 0 Å². The van der Waals surface area contributed by atoms with Gasteiger partial charge < -0.3 is 11.1 Å². The van der Waals surface area contributed by atoms with Crippen molar-refractivity contribution in [2.75, 3.05) is 13.1 Å². The molecule has 6 nitrogen and oxygen atoms in total. The Morgan fingerprint density at radius 2 is 1.96 bits per heavy atom. The predicted molar refractivity (Wildman–Crippen MR) is 104 cm³/mol. The van der Waals surface area contributed by atoms with E-state index in [-0.39, 0.29) is 30.7 Å². The number of rotatable bonds is 5. The first-order valence-electron chi connectivity index (χ1n) is 9.02. The van der Waals surface area contributed by atoms with Crippen LogP contribution in [0.5, 0.6) is 0 Å². The van der Waals surface area contributed by atoms with Crippen molar-refractivity contribution in [2.24, 2.45) is 5.73 Å². The number of nitrogens with two attached hydrogens (primary N) is 1. The van der Waals surface area contributed by atoms with E-state index in [2.05, 4.69) is 26.1 Å². The summed E-state index contributed by atoms with van der Waals surface area (Å²) in [5, 5.41) is 7.56. The van der Waals surface area contributed by atoms with Crippen LogP contribution in [0.2, 0.25) is 0 Å². The molecule has 3 rings (SSSR count). The molecule has 2 heterocycles. The van der Waals surface area contributed by atoms with Crippen LogP contribution in [0.25, 0.3) is 0 Å². The van der Waals surface area contributed by atoms with Gasteiger partial charge in [-0.1, -0.05) is 19.3 Å². The third kappa shape index (κ3) is 6.13. The Labute approximate surface area is 162 Å². The molecule has 1 fully saturated rings. The number of fused-ring (bicyclic) bond motifs is 1. The van der Waals surface area contributed by atoms with Crippen LogP contribution in [0.1, 0.15) is 56.3 Å². The molecule has 25 heavy (non-hydrogen) atoms. The van der Waals surface area contributed by atoms with Crippen molar-refractivity contribution < 1.29 is 4.79 Å². The number of hydrogen-bond donors (Lipinski definition) is 2. The lowest BCUT2D eigenvalue weighted by molar-refractivity contribution is -0.121. The van der Waals surface area contributed by atoms with E-state index >= 15 is 0 Å². The van der Waals surface area contributed by atoms with Crippen LogP contribution in [0.3, 0.4) is 0 Å². The molecule has 0 spiro atoms. The van der Waals surface area contributed by atoms with Gasteiger partial charge in [0.15, 0.2) is 0 Å². The van der Waals surface area contributed by atoms with Gasteiger partial charge in [0.25, 0.3) is 0 Å². The molecule has 1 amide bonds. The monoisotopic (exact) mass is 391 g/mol. The SMILES string of the molecule is Cl.Cl.NCCC(=O)NCc1cc2n(n1)CCCN(C1CCCCC1)C2.